The zero-order chi connectivity index (χ0) is 20.1. The number of aliphatic hydroxyl groups excluding tert-OH is 1. The van der Waals surface area contributed by atoms with Crippen LogP contribution in [-0.2, 0) is 13.0 Å². The Bertz CT molecular complexity index is 986. The lowest BCUT2D eigenvalue weighted by atomic mass is 10.1. The van der Waals surface area contributed by atoms with Gasteiger partial charge in [0.25, 0.3) is 0 Å². The number of fused-ring (bicyclic) bond motifs is 1. The predicted molar refractivity (Wildman–Crippen MR) is 117 cm³/mol. The first-order valence-electron chi connectivity index (χ1n) is 10.4. The number of aromatic nitrogens is 1. The highest BCUT2D eigenvalue weighted by Crippen LogP contribution is 2.17. The topological polar surface area (TPSA) is 59.6 Å². The molecule has 2 heterocycles. The summed E-state index contributed by atoms with van der Waals surface area (Å²) in [4.78, 5) is 20.7. The lowest BCUT2D eigenvalue weighted by Crippen LogP contribution is -2.53. The average molecular weight is 392 g/mol. The summed E-state index contributed by atoms with van der Waals surface area (Å²) in [6.45, 7) is 4.79. The molecule has 152 valence electrons. The van der Waals surface area contributed by atoms with Crippen molar-refractivity contribution in [3.05, 3.63) is 82.1 Å². The molecule has 5 heteroatoms. The minimum Gasteiger partial charge on any atom is -0.396 e. The van der Waals surface area contributed by atoms with Crippen LogP contribution in [0, 0.1) is 0 Å². The maximum Gasteiger partial charge on any atom is 0.189 e. The number of piperazine rings is 1. The van der Waals surface area contributed by atoms with Crippen LogP contribution in [0.2, 0.25) is 0 Å². The number of hydrogen-bond acceptors (Lipinski definition) is 4. The average Bonchev–Trinajstić information content (AvgIpc) is 2.74. The van der Waals surface area contributed by atoms with Gasteiger partial charge in [-0.25, -0.2) is 0 Å². The largest absolute Gasteiger partial charge is 0.396 e. The smallest absolute Gasteiger partial charge is 0.189 e. The Hall–Kier alpha value is -2.47. The highest BCUT2D eigenvalue weighted by Gasteiger charge is 2.26. The number of nitrogens with one attached hydrogen (secondary N) is 1. The van der Waals surface area contributed by atoms with E-state index in [1.807, 2.05) is 30.3 Å². The Balaban J connectivity index is 1.41. The molecule has 1 aliphatic heterocycles. The normalized spacial score (nSPS) is 18.3. The number of rotatable bonds is 7. The summed E-state index contributed by atoms with van der Waals surface area (Å²) in [6, 6.07) is 20.3. The third-order valence-electron chi connectivity index (χ3n) is 5.87. The molecule has 1 aliphatic rings. The molecule has 3 aromatic rings. The molecular weight excluding hydrogens is 362 g/mol. The minimum atomic E-state index is 0.0720. The first kappa shape index (κ1) is 19.8. The summed E-state index contributed by atoms with van der Waals surface area (Å²) in [7, 11) is 0. The molecule has 29 heavy (non-hydrogen) atoms. The van der Waals surface area contributed by atoms with Gasteiger partial charge in [-0.3, -0.25) is 14.6 Å². The Morgan fingerprint density at radius 3 is 2.66 bits per heavy atom. The first-order chi connectivity index (χ1) is 14.2. The van der Waals surface area contributed by atoms with Crippen LogP contribution >= 0.6 is 0 Å². The van der Waals surface area contributed by atoms with Gasteiger partial charge in [-0.15, -0.1) is 0 Å². The third kappa shape index (κ3) is 4.93. The molecule has 0 radical (unpaired) electrons. The van der Waals surface area contributed by atoms with Gasteiger partial charge < -0.3 is 10.1 Å². The van der Waals surface area contributed by atoms with Gasteiger partial charge in [0, 0.05) is 68.0 Å². The van der Waals surface area contributed by atoms with Crippen molar-refractivity contribution in [2.24, 2.45) is 0 Å². The fourth-order valence-electron chi connectivity index (χ4n) is 4.31. The molecule has 0 bridgehead atoms. The van der Waals surface area contributed by atoms with Gasteiger partial charge in [-0.2, -0.15) is 0 Å². The molecule has 0 saturated carbocycles. The maximum atomic E-state index is 12.4. The van der Waals surface area contributed by atoms with Gasteiger partial charge in [0.05, 0.1) is 0 Å². The van der Waals surface area contributed by atoms with Crippen molar-refractivity contribution in [3.8, 4) is 0 Å². The maximum absolute atomic E-state index is 12.4. The summed E-state index contributed by atoms with van der Waals surface area (Å²) in [5.41, 5.74) is 3.27. The molecule has 4 rings (SSSR count). The minimum absolute atomic E-state index is 0.0720. The van der Waals surface area contributed by atoms with Crippen LogP contribution in [0.5, 0.6) is 0 Å². The van der Waals surface area contributed by atoms with Crippen molar-refractivity contribution in [1.29, 1.82) is 0 Å². The summed E-state index contributed by atoms with van der Waals surface area (Å²) >= 11 is 0. The Morgan fingerprint density at radius 1 is 1.03 bits per heavy atom. The number of hydrogen-bond donors (Lipinski definition) is 2. The van der Waals surface area contributed by atoms with Crippen LogP contribution in [0.15, 0.2) is 65.5 Å². The molecule has 1 unspecified atom stereocenters. The van der Waals surface area contributed by atoms with Gasteiger partial charge in [0.15, 0.2) is 5.43 Å². The van der Waals surface area contributed by atoms with E-state index < -0.39 is 0 Å². The van der Waals surface area contributed by atoms with Gasteiger partial charge in [0.1, 0.15) is 0 Å². The molecule has 2 N–H and O–H groups in total. The Morgan fingerprint density at radius 2 is 1.83 bits per heavy atom. The molecule has 0 amide bonds. The van der Waals surface area contributed by atoms with Crippen molar-refractivity contribution < 1.29 is 5.11 Å². The van der Waals surface area contributed by atoms with E-state index in [-0.39, 0.29) is 12.0 Å². The van der Waals surface area contributed by atoms with E-state index >= 15 is 0 Å². The summed E-state index contributed by atoms with van der Waals surface area (Å²) in [6.07, 6.45) is 1.81. The molecule has 1 aromatic heterocycles. The monoisotopic (exact) mass is 391 g/mol. The fraction of sp³-hybridized carbons (Fsp3) is 0.375. The molecule has 1 saturated heterocycles. The van der Waals surface area contributed by atoms with Gasteiger partial charge in [-0.05, 0) is 30.5 Å². The quantitative estimate of drug-likeness (QED) is 0.650. The molecule has 5 nitrogen and oxygen atoms in total. The van der Waals surface area contributed by atoms with Crippen molar-refractivity contribution >= 4 is 10.9 Å². The van der Waals surface area contributed by atoms with Crippen LogP contribution in [0.4, 0.5) is 0 Å². The van der Waals surface area contributed by atoms with Gasteiger partial charge in [0.2, 0.25) is 0 Å². The number of para-hydroxylation sites is 1. The van der Waals surface area contributed by atoms with E-state index in [0.29, 0.717) is 6.04 Å². The van der Waals surface area contributed by atoms with Crippen LogP contribution < -0.4 is 5.43 Å². The number of H-pyrrole nitrogens is 1. The van der Waals surface area contributed by atoms with E-state index in [2.05, 4.69) is 39.0 Å². The highest BCUT2D eigenvalue weighted by atomic mass is 16.3. The number of aromatic amines is 1. The standard InChI is InChI=1S/C24H29N3O2/c28-15-11-21-18-26(13-14-27(21)12-10-19-6-2-1-3-7-19)17-20-16-24(29)22-8-4-5-9-23(22)25-20/h1-9,16,21,28H,10-15,17-18H2,(H,25,29). The van der Waals surface area contributed by atoms with Crippen LogP contribution in [0.3, 0.4) is 0 Å². The summed E-state index contributed by atoms with van der Waals surface area (Å²) in [5, 5.41) is 10.3. The second-order valence-corrected chi connectivity index (χ2v) is 7.88. The first-order valence-corrected chi connectivity index (χ1v) is 10.4. The van der Waals surface area contributed by atoms with E-state index in [1.165, 1.54) is 5.56 Å². The van der Waals surface area contributed by atoms with Gasteiger partial charge >= 0.3 is 0 Å². The van der Waals surface area contributed by atoms with Crippen LogP contribution in [0.1, 0.15) is 17.7 Å². The third-order valence-corrected chi connectivity index (χ3v) is 5.87. The van der Waals surface area contributed by atoms with Crippen molar-refractivity contribution in [1.82, 2.24) is 14.8 Å². The SMILES string of the molecule is O=c1cc(CN2CCN(CCc3ccccc3)C(CCO)C2)[nH]c2ccccc12. The number of benzene rings is 2. The van der Waals surface area contributed by atoms with Gasteiger partial charge in [-0.1, -0.05) is 42.5 Å². The lowest BCUT2D eigenvalue weighted by Gasteiger charge is -2.41. The summed E-state index contributed by atoms with van der Waals surface area (Å²) in [5.74, 6) is 0. The van der Waals surface area contributed by atoms with Crippen molar-refractivity contribution in [3.63, 3.8) is 0 Å². The molecule has 1 atom stereocenters. The fourth-order valence-corrected chi connectivity index (χ4v) is 4.31. The highest BCUT2D eigenvalue weighted by molar-refractivity contribution is 5.78. The van der Waals surface area contributed by atoms with Crippen LogP contribution in [-0.4, -0.2) is 58.7 Å². The van der Waals surface area contributed by atoms with E-state index in [0.717, 1.165) is 62.2 Å². The van der Waals surface area contributed by atoms with Crippen molar-refractivity contribution in [2.45, 2.75) is 25.4 Å². The second kappa shape index (κ2) is 9.35. The number of pyridine rings is 1. The molecule has 1 fully saturated rings. The van der Waals surface area contributed by atoms with E-state index in [9.17, 15) is 9.90 Å². The van der Waals surface area contributed by atoms with Crippen LogP contribution in [0.25, 0.3) is 10.9 Å². The van der Waals surface area contributed by atoms with E-state index in [1.54, 1.807) is 6.07 Å². The molecular formula is C24H29N3O2. The number of aliphatic hydroxyl groups is 1. The molecule has 0 aliphatic carbocycles. The Kier molecular flexibility index (Phi) is 6.39. The van der Waals surface area contributed by atoms with Crippen molar-refractivity contribution in [2.75, 3.05) is 32.8 Å². The van der Waals surface area contributed by atoms with E-state index in [4.69, 9.17) is 0 Å². The Labute approximate surface area is 171 Å². The second-order valence-electron chi connectivity index (χ2n) is 7.88. The summed E-state index contributed by atoms with van der Waals surface area (Å²) < 4.78 is 0. The lowest BCUT2D eigenvalue weighted by molar-refractivity contribution is 0.0556. The zero-order valence-corrected chi connectivity index (χ0v) is 16.8. The predicted octanol–water partition coefficient (Wildman–Crippen LogP) is 2.64. The number of nitrogens with zero attached hydrogens (tertiary/aromatic N) is 2. The molecule has 0 spiro atoms. The molecule has 2 aromatic carbocycles. The zero-order valence-electron chi connectivity index (χ0n) is 16.8.